The number of urea groups is 1. The number of halogens is 1. The van der Waals surface area contributed by atoms with Gasteiger partial charge in [-0.3, -0.25) is 0 Å². The van der Waals surface area contributed by atoms with Crippen LogP contribution in [0.4, 0.5) is 10.5 Å². The minimum atomic E-state index is -1.06. The highest BCUT2D eigenvalue weighted by Gasteiger charge is 2.29. The molecule has 0 aromatic heterocycles. The molecule has 0 radical (unpaired) electrons. The molecule has 1 saturated heterocycles. The van der Waals surface area contributed by atoms with Crippen molar-refractivity contribution in [1.82, 2.24) is 4.90 Å². The number of carbonyl (C=O) groups is 2. The molecule has 1 unspecified atom stereocenters. The quantitative estimate of drug-likeness (QED) is 0.867. The van der Waals surface area contributed by atoms with E-state index in [-0.39, 0.29) is 19.2 Å². The third-order valence-electron chi connectivity index (χ3n) is 2.74. The van der Waals surface area contributed by atoms with Gasteiger partial charge in [0.2, 0.25) is 0 Å². The van der Waals surface area contributed by atoms with E-state index >= 15 is 0 Å². The van der Waals surface area contributed by atoms with Gasteiger partial charge in [0.25, 0.3) is 0 Å². The number of carbonyl (C=O) groups excluding carboxylic acids is 1. The number of carboxylic acid groups (broad SMARTS) is 1. The summed E-state index contributed by atoms with van der Waals surface area (Å²) in [7, 11) is 0. The maximum atomic E-state index is 12.0. The van der Waals surface area contributed by atoms with Gasteiger partial charge in [-0.05, 0) is 28.1 Å². The molecule has 0 saturated carbocycles. The van der Waals surface area contributed by atoms with Crippen molar-refractivity contribution < 1.29 is 19.4 Å². The van der Waals surface area contributed by atoms with Gasteiger partial charge in [-0.15, -0.1) is 0 Å². The normalized spacial score (nSPS) is 19.0. The Balaban J connectivity index is 2.00. The molecule has 1 atom stereocenters. The minimum Gasteiger partial charge on any atom is -0.479 e. The van der Waals surface area contributed by atoms with E-state index in [0.717, 1.165) is 4.47 Å². The second kappa shape index (κ2) is 6.03. The van der Waals surface area contributed by atoms with Crippen molar-refractivity contribution in [2.45, 2.75) is 6.10 Å². The number of morpholine rings is 1. The molecule has 1 aliphatic rings. The number of hydrogen-bond donors (Lipinski definition) is 2. The van der Waals surface area contributed by atoms with Crippen LogP contribution in [0.25, 0.3) is 0 Å². The monoisotopic (exact) mass is 328 g/mol. The van der Waals surface area contributed by atoms with Crippen molar-refractivity contribution in [3.8, 4) is 0 Å². The Hall–Kier alpha value is -1.60. The van der Waals surface area contributed by atoms with E-state index in [2.05, 4.69) is 21.2 Å². The highest BCUT2D eigenvalue weighted by molar-refractivity contribution is 9.10. The van der Waals surface area contributed by atoms with E-state index in [1.165, 1.54) is 4.90 Å². The van der Waals surface area contributed by atoms with Gasteiger partial charge in [-0.1, -0.05) is 12.1 Å². The molecule has 0 bridgehead atoms. The van der Waals surface area contributed by atoms with Crippen LogP contribution in [0.2, 0.25) is 0 Å². The Bertz CT molecular complexity index is 494. The molecular formula is C12H13BrN2O4. The fraction of sp³-hybridized carbons (Fsp3) is 0.333. The molecule has 102 valence electrons. The summed E-state index contributed by atoms with van der Waals surface area (Å²) in [5, 5.41) is 11.6. The highest BCUT2D eigenvalue weighted by atomic mass is 79.9. The molecule has 6 nitrogen and oxygen atoms in total. The average molecular weight is 329 g/mol. The van der Waals surface area contributed by atoms with Gasteiger partial charge >= 0.3 is 12.0 Å². The summed E-state index contributed by atoms with van der Waals surface area (Å²) in [6.45, 7) is 0.645. The van der Waals surface area contributed by atoms with Crippen molar-refractivity contribution >= 4 is 33.6 Å². The van der Waals surface area contributed by atoms with E-state index in [0.29, 0.717) is 12.2 Å². The fourth-order valence-corrected chi connectivity index (χ4v) is 2.12. The Morgan fingerprint density at radius 3 is 2.84 bits per heavy atom. The maximum Gasteiger partial charge on any atom is 0.334 e. The van der Waals surface area contributed by atoms with Crippen molar-refractivity contribution in [3.63, 3.8) is 0 Å². The topological polar surface area (TPSA) is 78.9 Å². The molecule has 19 heavy (non-hydrogen) atoms. The van der Waals surface area contributed by atoms with Gasteiger partial charge in [0.1, 0.15) is 0 Å². The molecule has 2 amide bonds. The number of amides is 2. The van der Waals surface area contributed by atoms with E-state index in [9.17, 15) is 9.59 Å². The van der Waals surface area contributed by atoms with Crippen LogP contribution in [0.5, 0.6) is 0 Å². The average Bonchev–Trinajstić information content (AvgIpc) is 2.41. The van der Waals surface area contributed by atoms with Crippen LogP contribution in [-0.2, 0) is 9.53 Å². The zero-order valence-electron chi connectivity index (χ0n) is 10.0. The smallest absolute Gasteiger partial charge is 0.334 e. The number of rotatable bonds is 2. The lowest BCUT2D eigenvalue weighted by Crippen LogP contribution is -2.49. The summed E-state index contributed by atoms with van der Waals surface area (Å²) < 4.78 is 5.83. The van der Waals surface area contributed by atoms with Crippen LogP contribution in [0.1, 0.15) is 0 Å². The maximum absolute atomic E-state index is 12.0. The molecule has 1 heterocycles. The molecule has 2 rings (SSSR count). The Morgan fingerprint density at radius 1 is 1.42 bits per heavy atom. The molecule has 2 N–H and O–H groups in total. The van der Waals surface area contributed by atoms with Crippen LogP contribution >= 0.6 is 15.9 Å². The summed E-state index contributed by atoms with van der Waals surface area (Å²) in [6.07, 6.45) is -0.960. The number of hydrogen-bond acceptors (Lipinski definition) is 3. The number of para-hydroxylation sites is 1. The third-order valence-corrected chi connectivity index (χ3v) is 3.44. The van der Waals surface area contributed by atoms with Crippen LogP contribution < -0.4 is 5.32 Å². The van der Waals surface area contributed by atoms with Crippen molar-refractivity contribution in [2.24, 2.45) is 0 Å². The molecule has 1 aliphatic heterocycles. The van der Waals surface area contributed by atoms with Gasteiger partial charge < -0.3 is 20.1 Å². The van der Waals surface area contributed by atoms with E-state index in [4.69, 9.17) is 9.84 Å². The second-order valence-electron chi connectivity index (χ2n) is 4.05. The number of anilines is 1. The van der Waals surface area contributed by atoms with Crippen molar-refractivity contribution in [3.05, 3.63) is 28.7 Å². The van der Waals surface area contributed by atoms with Crippen molar-refractivity contribution in [1.29, 1.82) is 0 Å². The van der Waals surface area contributed by atoms with E-state index < -0.39 is 12.1 Å². The minimum absolute atomic E-state index is 0.0472. The van der Waals surface area contributed by atoms with Gasteiger partial charge in [0.05, 0.1) is 18.8 Å². The molecule has 0 aliphatic carbocycles. The van der Waals surface area contributed by atoms with Crippen molar-refractivity contribution in [2.75, 3.05) is 25.0 Å². The Labute approximate surface area is 118 Å². The van der Waals surface area contributed by atoms with Gasteiger partial charge in [0, 0.05) is 11.0 Å². The van der Waals surface area contributed by atoms with Gasteiger partial charge in [0.15, 0.2) is 6.10 Å². The number of nitrogens with zero attached hydrogens (tertiary/aromatic N) is 1. The Kier molecular flexibility index (Phi) is 4.39. The second-order valence-corrected chi connectivity index (χ2v) is 4.91. The van der Waals surface area contributed by atoms with Crippen LogP contribution in [-0.4, -0.2) is 47.8 Å². The summed E-state index contributed by atoms with van der Waals surface area (Å²) in [6, 6.07) is 6.89. The molecule has 1 aromatic carbocycles. The first-order valence-corrected chi connectivity index (χ1v) is 6.52. The summed E-state index contributed by atoms with van der Waals surface area (Å²) >= 11 is 3.33. The number of aliphatic carboxylic acids is 1. The zero-order chi connectivity index (χ0) is 13.8. The van der Waals surface area contributed by atoms with Crippen LogP contribution in [0.3, 0.4) is 0 Å². The first-order valence-electron chi connectivity index (χ1n) is 5.73. The first kappa shape index (κ1) is 13.8. The summed E-state index contributed by atoms with van der Waals surface area (Å²) in [4.78, 5) is 24.3. The predicted octanol–water partition coefficient (Wildman–Crippen LogP) is 1.77. The van der Waals surface area contributed by atoms with Gasteiger partial charge in [-0.25, -0.2) is 9.59 Å². The van der Waals surface area contributed by atoms with Gasteiger partial charge in [-0.2, -0.15) is 0 Å². The van der Waals surface area contributed by atoms with E-state index in [1.807, 2.05) is 12.1 Å². The third kappa shape index (κ3) is 3.45. The van der Waals surface area contributed by atoms with Crippen LogP contribution in [0, 0.1) is 0 Å². The lowest BCUT2D eigenvalue weighted by atomic mass is 10.3. The predicted molar refractivity (Wildman–Crippen MR) is 72.1 cm³/mol. The number of benzene rings is 1. The SMILES string of the molecule is O=C(O)C1CN(C(=O)Nc2ccccc2Br)CCO1. The molecular weight excluding hydrogens is 316 g/mol. The molecule has 7 heteroatoms. The Morgan fingerprint density at radius 2 is 2.16 bits per heavy atom. The number of nitrogens with one attached hydrogen (secondary N) is 1. The summed E-state index contributed by atoms with van der Waals surface area (Å²) in [5.74, 6) is -1.06. The molecule has 1 fully saturated rings. The first-order chi connectivity index (χ1) is 9.08. The molecule has 0 spiro atoms. The van der Waals surface area contributed by atoms with E-state index in [1.54, 1.807) is 12.1 Å². The largest absolute Gasteiger partial charge is 0.479 e. The van der Waals surface area contributed by atoms with Crippen LogP contribution in [0.15, 0.2) is 28.7 Å². The lowest BCUT2D eigenvalue weighted by Gasteiger charge is -2.30. The zero-order valence-corrected chi connectivity index (χ0v) is 11.6. The molecule has 1 aromatic rings. The summed E-state index contributed by atoms with van der Waals surface area (Å²) in [5.41, 5.74) is 0.644. The highest BCUT2D eigenvalue weighted by Crippen LogP contribution is 2.21. The fourth-order valence-electron chi connectivity index (χ4n) is 1.74. The number of ether oxygens (including phenoxy) is 1. The standard InChI is InChI=1S/C12H13BrN2O4/c13-8-3-1-2-4-9(8)14-12(18)15-5-6-19-10(7-15)11(16)17/h1-4,10H,5-7H2,(H,14,18)(H,16,17). The number of carboxylic acids is 1. The lowest BCUT2D eigenvalue weighted by molar-refractivity contribution is -0.154.